The number of benzene rings is 1. The van der Waals surface area contributed by atoms with Gasteiger partial charge in [-0.25, -0.2) is 0 Å². The fourth-order valence-corrected chi connectivity index (χ4v) is 1.21. The molecule has 1 unspecified atom stereocenters. The maximum Gasteiger partial charge on any atom is 0.115 e. The average molecular weight is 189 g/mol. The van der Waals surface area contributed by atoms with Gasteiger partial charge in [0, 0.05) is 19.0 Å². The average Bonchev–Trinajstić information content (AvgIpc) is 2.15. The number of hydrogen-bond donors (Lipinski definition) is 2. The van der Waals surface area contributed by atoms with E-state index < -0.39 is 0 Å². The molecule has 0 radical (unpaired) electrons. The molecule has 14 heavy (non-hydrogen) atoms. The van der Waals surface area contributed by atoms with Crippen LogP contribution in [0.4, 0.5) is 0 Å². The van der Waals surface area contributed by atoms with E-state index in [1.165, 1.54) is 0 Å². The third kappa shape index (κ3) is 3.51. The fraction of sp³-hybridized carbons (Fsp3) is 0.333. The van der Waals surface area contributed by atoms with Crippen molar-refractivity contribution in [1.82, 2.24) is 5.32 Å². The first-order chi connectivity index (χ1) is 6.72. The van der Waals surface area contributed by atoms with Gasteiger partial charge in [-0.3, -0.25) is 0 Å². The molecule has 1 rings (SSSR count). The third-order valence-electron chi connectivity index (χ3n) is 1.99. The second-order valence-corrected chi connectivity index (χ2v) is 3.36. The Labute approximate surface area is 85.0 Å². The van der Waals surface area contributed by atoms with E-state index >= 15 is 0 Å². The van der Waals surface area contributed by atoms with Crippen LogP contribution >= 0.6 is 0 Å². The molecule has 2 heteroatoms. The number of hydrogen-bond acceptors (Lipinski definition) is 2. The fourth-order valence-electron chi connectivity index (χ4n) is 1.21. The highest BCUT2D eigenvalue weighted by molar-refractivity contribution is 5.26. The molecule has 0 fully saturated rings. The summed E-state index contributed by atoms with van der Waals surface area (Å²) in [5, 5.41) is 12.5. The van der Waals surface area contributed by atoms with Gasteiger partial charge in [-0.05, 0) is 24.6 Å². The Hall–Kier alpha value is -1.46. The van der Waals surface area contributed by atoms with Crippen LogP contribution in [0, 0.1) is 12.3 Å². The van der Waals surface area contributed by atoms with Crippen molar-refractivity contribution < 1.29 is 5.11 Å². The SMILES string of the molecule is C#CCC(C)NCc1cccc(O)c1. The van der Waals surface area contributed by atoms with Crippen LogP contribution in [0.3, 0.4) is 0 Å². The smallest absolute Gasteiger partial charge is 0.115 e. The Kier molecular flexibility index (Phi) is 4.03. The van der Waals surface area contributed by atoms with Crippen molar-refractivity contribution in [2.45, 2.75) is 25.9 Å². The Balaban J connectivity index is 2.42. The van der Waals surface area contributed by atoms with E-state index in [1.54, 1.807) is 12.1 Å². The molecule has 0 aromatic heterocycles. The summed E-state index contributed by atoms with van der Waals surface area (Å²) in [6.07, 6.45) is 5.91. The van der Waals surface area contributed by atoms with Gasteiger partial charge < -0.3 is 10.4 Å². The van der Waals surface area contributed by atoms with Crippen LogP contribution in [0.15, 0.2) is 24.3 Å². The van der Waals surface area contributed by atoms with Crippen LogP contribution in [0.25, 0.3) is 0 Å². The Bertz CT molecular complexity index is 327. The molecule has 0 bridgehead atoms. The third-order valence-corrected chi connectivity index (χ3v) is 1.99. The van der Waals surface area contributed by atoms with Crippen LogP contribution in [0.1, 0.15) is 18.9 Å². The van der Waals surface area contributed by atoms with Crippen molar-refractivity contribution in [2.24, 2.45) is 0 Å². The molecule has 2 N–H and O–H groups in total. The molecule has 0 saturated carbocycles. The van der Waals surface area contributed by atoms with Gasteiger partial charge in [-0.2, -0.15) is 0 Å². The number of aromatic hydroxyl groups is 1. The van der Waals surface area contributed by atoms with Gasteiger partial charge in [0.1, 0.15) is 5.75 Å². The van der Waals surface area contributed by atoms with E-state index in [1.807, 2.05) is 19.1 Å². The summed E-state index contributed by atoms with van der Waals surface area (Å²) in [7, 11) is 0. The second kappa shape index (κ2) is 5.31. The van der Waals surface area contributed by atoms with Gasteiger partial charge in [0.25, 0.3) is 0 Å². The summed E-state index contributed by atoms with van der Waals surface area (Å²) in [5.74, 6) is 2.90. The molecular weight excluding hydrogens is 174 g/mol. The molecule has 74 valence electrons. The zero-order valence-corrected chi connectivity index (χ0v) is 8.33. The maximum atomic E-state index is 9.22. The Morgan fingerprint density at radius 2 is 2.36 bits per heavy atom. The summed E-state index contributed by atoms with van der Waals surface area (Å²) in [6.45, 7) is 2.78. The summed E-state index contributed by atoms with van der Waals surface area (Å²) in [5.41, 5.74) is 1.06. The number of phenolic OH excluding ortho intramolecular Hbond substituents is 1. The predicted octanol–water partition coefficient (Wildman–Crippen LogP) is 1.89. The van der Waals surface area contributed by atoms with Crippen molar-refractivity contribution in [3.8, 4) is 18.1 Å². The Morgan fingerprint density at radius 3 is 3.00 bits per heavy atom. The first kappa shape index (κ1) is 10.6. The number of terminal acetylenes is 1. The molecule has 2 nitrogen and oxygen atoms in total. The largest absolute Gasteiger partial charge is 0.508 e. The molecule has 0 aliphatic carbocycles. The minimum Gasteiger partial charge on any atom is -0.508 e. The number of phenols is 1. The van der Waals surface area contributed by atoms with Crippen molar-refractivity contribution in [3.63, 3.8) is 0 Å². The van der Waals surface area contributed by atoms with E-state index in [4.69, 9.17) is 6.42 Å². The molecule has 0 amide bonds. The second-order valence-electron chi connectivity index (χ2n) is 3.36. The lowest BCUT2D eigenvalue weighted by Crippen LogP contribution is -2.24. The van der Waals surface area contributed by atoms with Gasteiger partial charge in [-0.1, -0.05) is 12.1 Å². The molecule has 0 spiro atoms. The summed E-state index contributed by atoms with van der Waals surface area (Å²) in [6, 6.07) is 7.51. The van der Waals surface area contributed by atoms with Crippen LogP contribution in [0.5, 0.6) is 5.75 Å². The molecule has 1 aromatic carbocycles. The normalized spacial score (nSPS) is 12.0. The first-order valence-corrected chi connectivity index (χ1v) is 4.67. The number of rotatable bonds is 4. The summed E-state index contributed by atoms with van der Waals surface area (Å²) < 4.78 is 0. The van der Waals surface area contributed by atoms with Gasteiger partial charge in [0.2, 0.25) is 0 Å². The van der Waals surface area contributed by atoms with E-state index in [2.05, 4.69) is 11.2 Å². The molecule has 0 heterocycles. The van der Waals surface area contributed by atoms with Crippen molar-refractivity contribution in [1.29, 1.82) is 0 Å². The van der Waals surface area contributed by atoms with Gasteiger partial charge in [0.05, 0.1) is 0 Å². The van der Waals surface area contributed by atoms with E-state index in [0.717, 1.165) is 18.5 Å². The van der Waals surface area contributed by atoms with Crippen molar-refractivity contribution in [2.75, 3.05) is 0 Å². The predicted molar refractivity (Wildman–Crippen MR) is 57.9 cm³/mol. The molecule has 1 atom stereocenters. The highest BCUT2D eigenvalue weighted by Crippen LogP contribution is 2.10. The van der Waals surface area contributed by atoms with Crippen LogP contribution in [0.2, 0.25) is 0 Å². The van der Waals surface area contributed by atoms with E-state index in [0.29, 0.717) is 11.8 Å². The zero-order valence-electron chi connectivity index (χ0n) is 8.33. The van der Waals surface area contributed by atoms with E-state index in [-0.39, 0.29) is 0 Å². The zero-order chi connectivity index (χ0) is 10.4. The summed E-state index contributed by atoms with van der Waals surface area (Å²) in [4.78, 5) is 0. The Morgan fingerprint density at radius 1 is 1.57 bits per heavy atom. The minimum absolute atomic E-state index is 0.300. The quantitative estimate of drug-likeness (QED) is 0.709. The maximum absolute atomic E-state index is 9.22. The minimum atomic E-state index is 0.300. The molecule has 0 aliphatic rings. The molecule has 0 saturated heterocycles. The molecular formula is C12H15NO. The van der Waals surface area contributed by atoms with E-state index in [9.17, 15) is 5.11 Å². The molecule has 0 aliphatic heterocycles. The lowest BCUT2D eigenvalue weighted by molar-refractivity contribution is 0.473. The number of nitrogens with one attached hydrogen (secondary N) is 1. The van der Waals surface area contributed by atoms with Gasteiger partial charge >= 0.3 is 0 Å². The van der Waals surface area contributed by atoms with Crippen LogP contribution in [-0.2, 0) is 6.54 Å². The standard InChI is InChI=1S/C12H15NO/c1-3-5-10(2)13-9-11-6-4-7-12(14)8-11/h1,4,6-8,10,13-14H,5,9H2,2H3. The topological polar surface area (TPSA) is 32.3 Å². The monoisotopic (exact) mass is 189 g/mol. The first-order valence-electron chi connectivity index (χ1n) is 4.67. The van der Waals surface area contributed by atoms with Crippen molar-refractivity contribution >= 4 is 0 Å². The van der Waals surface area contributed by atoms with Crippen LogP contribution in [-0.4, -0.2) is 11.1 Å². The highest BCUT2D eigenvalue weighted by atomic mass is 16.3. The van der Waals surface area contributed by atoms with Gasteiger partial charge in [0.15, 0.2) is 0 Å². The highest BCUT2D eigenvalue weighted by Gasteiger charge is 1.99. The van der Waals surface area contributed by atoms with Crippen molar-refractivity contribution in [3.05, 3.63) is 29.8 Å². The summed E-state index contributed by atoms with van der Waals surface area (Å²) >= 11 is 0. The lowest BCUT2D eigenvalue weighted by Gasteiger charge is -2.10. The van der Waals surface area contributed by atoms with Crippen LogP contribution < -0.4 is 5.32 Å². The molecule has 1 aromatic rings. The van der Waals surface area contributed by atoms with Gasteiger partial charge in [-0.15, -0.1) is 12.3 Å². The lowest BCUT2D eigenvalue weighted by atomic mass is 10.2.